The van der Waals surface area contributed by atoms with Crippen LogP contribution in [0, 0.1) is 5.82 Å². The molecule has 3 heterocycles. The van der Waals surface area contributed by atoms with Gasteiger partial charge in [0.1, 0.15) is 11.6 Å². The Morgan fingerprint density at radius 3 is 2.45 bits per heavy atom. The largest absolute Gasteiger partial charge is 0.508 e. The zero-order valence-electron chi connectivity index (χ0n) is 18.3. The summed E-state index contributed by atoms with van der Waals surface area (Å²) in [5, 5.41) is 18.1. The Bertz CT molecular complexity index is 1200. The van der Waals surface area contributed by atoms with Gasteiger partial charge in [-0.05, 0) is 84.9 Å². The van der Waals surface area contributed by atoms with Gasteiger partial charge < -0.3 is 5.11 Å². The Hall–Kier alpha value is -3.58. The van der Waals surface area contributed by atoms with Gasteiger partial charge in [0.05, 0.1) is 24.1 Å². The lowest BCUT2D eigenvalue weighted by Gasteiger charge is -2.32. The van der Waals surface area contributed by atoms with Crippen molar-refractivity contribution in [3.8, 4) is 16.9 Å². The molecule has 7 heteroatoms. The monoisotopic (exact) mass is 443 g/mol. The third-order valence-electron chi connectivity index (χ3n) is 6.25. The second-order valence-electron chi connectivity index (χ2n) is 8.56. The number of rotatable bonds is 6. The molecule has 0 unspecified atom stereocenters. The molecule has 33 heavy (non-hydrogen) atoms. The van der Waals surface area contributed by atoms with Gasteiger partial charge in [-0.25, -0.2) is 9.07 Å². The van der Waals surface area contributed by atoms with Crippen molar-refractivity contribution in [2.75, 3.05) is 13.1 Å². The first-order valence-corrected chi connectivity index (χ1v) is 11.2. The first-order chi connectivity index (χ1) is 16.1. The number of benzene rings is 2. The van der Waals surface area contributed by atoms with Crippen LogP contribution >= 0.6 is 0 Å². The van der Waals surface area contributed by atoms with Crippen LogP contribution in [0.4, 0.5) is 4.39 Å². The maximum absolute atomic E-state index is 14.7. The number of likely N-dealkylation sites (tertiary alicyclic amines) is 1. The van der Waals surface area contributed by atoms with Gasteiger partial charge in [-0.3, -0.25) is 9.88 Å². The summed E-state index contributed by atoms with van der Waals surface area (Å²) in [4.78, 5) is 6.69. The van der Waals surface area contributed by atoms with Crippen LogP contribution in [-0.2, 0) is 13.1 Å². The molecular formula is C26H26FN5O. The quantitative estimate of drug-likeness (QED) is 0.471. The van der Waals surface area contributed by atoms with E-state index in [1.54, 1.807) is 30.5 Å². The number of aromatic nitrogens is 4. The second-order valence-corrected chi connectivity index (χ2v) is 8.56. The van der Waals surface area contributed by atoms with Crippen LogP contribution in [0.15, 0.2) is 73.1 Å². The van der Waals surface area contributed by atoms with E-state index in [9.17, 15) is 9.50 Å². The highest BCUT2D eigenvalue weighted by molar-refractivity contribution is 5.65. The van der Waals surface area contributed by atoms with E-state index in [1.165, 1.54) is 0 Å². The fraction of sp³-hybridized carbons (Fsp3) is 0.269. The van der Waals surface area contributed by atoms with Crippen LogP contribution in [0.2, 0.25) is 0 Å². The molecule has 0 radical (unpaired) electrons. The van der Waals surface area contributed by atoms with Crippen LogP contribution in [0.5, 0.6) is 5.75 Å². The minimum Gasteiger partial charge on any atom is -0.508 e. The summed E-state index contributed by atoms with van der Waals surface area (Å²) in [6, 6.07) is 18.2. The molecule has 4 aromatic rings. The molecule has 0 aliphatic carbocycles. The lowest BCUT2D eigenvalue weighted by atomic mass is 9.87. The van der Waals surface area contributed by atoms with E-state index in [0.717, 1.165) is 60.6 Å². The van der Waals surface area contributed by atoms with Gasteiger partial charge in [0.25, 0.3) is 0 Å². The smallest absolute Gasteiger partial charge is 0.126 e. The molecule has 168 valence electrons. The van der Waals surface area contributed by atoms with Gasteiger partial charge in [0.2, 0.25) is 0 Å². The maximum atomic E-state index is 14.7. The normalized spacial score (nSPS) is 15.1. The standard InChI is InChI=1S/C26H26FN5O/c27-26-9-6-21(19-4-7-24(33)8-5-19)15-25(26)20-10-13-31(14-11-20)16-23-18-32(30-29-23)17-22-3-1-2-12-28-22/h1-9,12,15,18,20,33H,10-11,13-14,16-17H2. The molecule has 0 spiro atoms. The Balaban J connectivity index is 1.20. The molecule has 1 fully saturated rings. The zero-order chi connectivity index (χ0) is 22.6. The number of hydrogen-bond acceptors (Lipinski definition) is 5. The molecule has 1 N–H and O–H groups in total. The molecule has 2 aromatic carbocycles. The summed E-state index contributed by atoms with van der Waals surface area (Å²) < 4.78 is 16.5. The lowest BCUT2D eigenvalue weighted by Crippen LogP contribution is -2.32. The van der Waals surface area contributed by atoms with Gasteiger partial charge >= 0.3 is 0 Å². The fourth-order valence-electron chi connectivity index (χ4n) is 4.47. The molecule has 0 saturated carbocycles. The molecule has 1 aliphatic rings. The summed E-state index contributed by atoms with van der Waals surface area (Å²) in [6.45, 7) is 3.12. The SMILES string of the molecule is Oc1ccc(-c2ccc(F)c(C3CCN(Cc4cn(Cc5ccccn5)nn4)CC3)c2)cc1. The number of nitrogens with zero attached hydrogens (tertiary/aromatic N) is 5. The predicted octanol–water partition coefficient (Wildman–Crippen LogP) is 4.61. The van der Waals surface area contributed by atoms with E-state index in [1.807, 2.05) is 47.3 Å². The lowest BCUT2D eigenvalue weighted by molar-refractivity contribution is 0.201. The first-order valence-electron chi connectivity index (χ1n) is 11.2. The molecule has 6 nitrogen and oxygen atoms in total. The Kier molecular flexibility index (Phi) is 6.13. The Labute approximate surface area is 192 Å². The van der Waals surface area contributed by atoms with E-state index in [4.69, 9.17) is 0 Å². The predicted molar refractivity (Wildman–Crippen MR) is 124 cm³/mol. The minimum atomic E-state index is -0.145. The molecule has 1 saturated heterocycles. The Morgan fingerprint density at radius 1 is 0.909 bits per heavy atom. The highest BCUT2D eigenvalue weighted by atomic mass is 19.1. The van der Waals surface area contributed by atoms with Gasteiger partial charge in [-0.2, -0.15) is 0 Å². The minimum absolute atomic E-state index is 0.145. The molecule has 0 amide bonds. The number of halogens is 1. The van der Waals surface area contributed by atoms with Crippen molar-refractivity contribution in [2.24, 2.45) is 0 Å². The van der Waals surface area contributed by atoms with Crippen LogP contribution in [0.3, 0.4) is 0 Å². The van der Waals surface area contributed by atoms with Crippen LogP contribution in [0.25, 0.3) is 11.1 Å². The highest BCUT2D eigenvalue weighted by Gasteiger charge is 2.24. The zero-order valence-corrected chi connectivity index (χ0v) is 18.3. The van der Waals surface area contributed by atoms with Crippen LogP contribution in [0.1, 0.15) is 35.7 Å². The molecule has 5 rings (SSSR count). The number of hydrogen-bond donors (Lipinski definition) is 1. The van der Waals surface area contributed by atoms with E-state index in [2.05, 4.69) is 20.2 Å². The van der Waals surface area contributed by atoms with Crippen molar-refractivity contribution in [1.82, 2.24) is 24.9 Å². The summed E-state index contributed by atoms with van der Waals surface area (Å²) >= 11 is 0. The number of aromatic hydroxyl groups is 1. The summed E-state index contributed by atoms with van der Waals surface area (Å²) in [6.07, 6.45) is 5.55. The van der Waals surface area contributed by atoms with E-state index in [0.29, 0.717) is 6.54 Å². The molecular weight excluding hydrogens is 417 g/mol. The van der Waals surface area contributed by atoms with Crippen molar-refractivity contribution in [1.29, 1.82) is 0 Å². The summed E-state index contributed by atoms with van der Waals surface area (Å²) in [7, 11) is 0. The molecule has 2 aromatic heterocycles. The van der Waals surface area contributed by atoms with Gasteiger partial charge in [0, 0.05) is 12.7 Å². The third kappa shape index (κ3) is 5.09. The van der Waals surface area contributed by atoms with E-state index < -0.39 is 0 Å². The van der Waals surface area contributed by atoms with Crippen molar-refractivity contribution in [2.45, 2.75) is 31.8 Å². The average molecular weight is 444 g/mol. The van der Waals surface area contributed by atoms with Gasteiger partial charge in [0.15, 0.2) is 0 Å². The van der Waals surface area contributed by atoms with Crippen molar-refractivity contribution in [3.63, 3.8) is 0 Å². The fourth-order valence-corrected chi connectivity index (χ4v) is 4.47. The first kappa shape index (κ1) is 21.3. The summed E-state index contributed by atoms with van der Waals surface area (Å²) in [5.41, 5.74) is 4.61. The average Bonchev–Trinajstić information content (AvgIpc) is 3.28. The highest BCUT2D eigenvalue weighted by Crippen LogP contribution is 2.33. The number of phenols is 1. The number of piperidine rings is 1. The maximum Gasteiger partial charge on any atom is 0.126 e. The Morgan fingerprint density at radius 2 is 1.70 bits per heavy atom. The van der Waals surface area contributed by atoms with E-state index >= 15 is 0 Å². The molecule has 0 bridgehead atoms. The van der Waals surface area contributed by atoms with Crippen molar-refractivity contribution < 1.29 is 9.50 Å². The van der Waals surface area contributed by atoms with Gasteiger partial charge in [-0.1, -0.05) is 29.5 Å². The van der Waals surface area contributed by atoms with Crippen molar-refractivity contribution >= 4 is 0 Å². The number of pyridine rings is 1. The second kappa shape index (κ2) is 9.50. The van der Waals surface area contributed by atoms with Gasteiger partial charge in [-0.15, -0.1) is 5.10 Å². The van der Waals surface area contributed by atoms with E-state index in [-0.39, 0.29) is 17.5 Å². The summed E-state index contributed by atoms with van der Waals surface area (Å²) in [5.74, 6) is 0.275. The third-order valence-corrected chi connectivity index (χ3v) is 6.25. The van der Waals surface area contributed by atoms with Crippen molar-refractivity contribution in [3.05, 3.63) is 95.8 Å². The molecule has 1 aliphatic heterocycles. The van der Waals surface area contributed by atoms with Crippen LogP contribution in [-0.4, -0.2) is 43.1 Å². The molecule has 0 atom stereocenters. The topological polar surface area (TPSA) is 67.1 Å². The van der Waals surface area contributed by atoms with Crippen LogP contribution < -0.4 is 0 Å². The number of phenolic OH excluding ortho intramolecular Hbond substituents is 1.